The van der Waals surface area contributed by atoms with E-state index in [9.17, 15) is 14.9 Å². The molecule has 2 heterocycles. The minimum absolute atomic E-state index is 0.0769. The molecule has 1 atom stereocenters. The number of carbonyl (C=O) groups is 1. The first-order valence-corrected chi connectivity index (χ1v) is 6.37. The molecular formula is C12H12N4O5. The zero-order chi connectivity index (χ0) is 15.0. The number of anilines is 1. The van der Waals surface area contributed by atoms with Gasteiger partial charge in [-0.3, -0.25) is 10.1 Å². The van der Waals surface area contributed by atoms with E-state index in [0.717, 1.165) is 6.42 Å². The van der Waals surface area contributed by atoms with Gasteiger partial charge in [0.1, 0.15) is 6.04 Å². The molecule has 1 aliphatic heterocycles. The van der Waals surface area contributed by atoms with Crippen LogP contribution in [-0.4, -0.2) is 40.9 Å². The van der Waals surface area contributed by atoms with Crippen molar-refractivity contribution in [2.24, 2.45) is 0 Å². The van der Waals surface area contributed by atoms with E-state index in [4.69, 9.17) is 4.74 Å². The second kappa shape index (κ2) is 5.00. The number of nitro groups is 1. The van der Waals surface area contributed by atoms with Crippen molar-refractivity contribution in [3.05, 3.63) is 22.2 Å². The van der Waals surface area contributed by atoms with Crippen molar-refractivity contribution in [3.8, 4) is 0 Å². The second-order valence-electron chi connectivity index (χ2n) is 4.70. The minimum Gasteiger partial charge on any atom is -0.467 e. The van der Waals surface area contributed by atoms with E-state index < -0.39 is 11.0 Å². The average Bonchev–Trinajstić information content (AvgIpc) is 3.13. The maximum Gasteiger partial charge on any atom is 0.328 e. The van der Waals surface area contributed by atoms with Gasteiger partial charge in [-0.2, -0.15) is 0 Å². The van der Waals surface area contributed by atoms with Gasteiger partial charge in [-0.15, -0.1) is 0 Å². The zero-order valence-corrected chi connectivity index (χ0v) is 11.2. The van der Waals surface area contributed by atoms with Crippen molar-refractivity contribution in [2.45, 2.75) is 18.9 Å². The fourth-order valence-electron chi connectivity index (χ4n) is 2.66. The maximum absolute atomic E-state index is 11.8. The van der Waals surface area contributed by atoms with Crippen LogP contribution in [0.2, 0.25) is 0 Å². The summed E-state index contributed by atoms with van der Waals surface area (Å²) in [6, 6.07) is 2.48. The van der Waals surface area contributed by atoms with Crippen LogP contribution in [-0.2, 0) is 9.53 Å². The number of fused-ring (bicyclic) bond motifs is 1. The van der Waals surface area contributed by atoms with Crippen LogP contribution in [0.3, 0.4) is 0 Å². The van der Waals surface area contributed by atoms with E-state index in [1.165, 1.54) is 13.2 Å². The van der Waals surface area contributed by atoms with Crippen LogP contribution in [0.4, 0.5) is 11.4 Å². The Morgan fingerprint density at radius 1 is 1.48 bits per heavy atom. The fraction of sp³-hybridized carbons (Fsp3) is 0.417. The van der Waals surface area contributed by atoms with Crippen molar-refractivity contribution in [1.29, 1.82) is 0 Å². The molecule has 0 bridgehead atoms. The summed E-state index contributed by atoms with van der Waals surface area (Å²) >= 11 is 0. The Hall–Kier alpha value is -2.71. The van der Waals surface area contributed by atoms with Gasteiger partial charge in [-0.05, 0) is 29.2 Å². The molecule has 21 heavy (non-hydrogen) atoms. The summed E-state index contributed by atoms with van der Waals surface area (Å²) in [6.07, 6.45) is 1.49. The molecule has 0 amide bonds. The first kappa shape index (κ1) is 13.3. The van der Waals surface area contributed by atoms with Crippen molar-refractivity contribution in [2.75, 3.05) is 18.6 Å². The summed E-state index contributed by atoms with van der Waals surface area (Å²) in [5.74, 6) is -0.338. The van der Waals surface area contributed by atoms with E-state index in [2.05, 4.69) is 14.9 Å². The normalized spacial score (nSPS) is 18.1. The Bertz CT molecular complexity index is 713. The van der Waals surface area contributed by atoms with Gasteiger partial charge in [0.2, 0.25) is 5.52 Å². The number of hydrogen-bond acceptors (Lipinski definition) is 8. The number of rotatable bonds is 3. The monoisotopic (exact) mass is 292 g/mol. The van der Waals surface area contributed by atoms with E-state index in [1.54, 1.807) is 6.07 Å². The molecule has 0 spiro atoms. The van der Waals surface area contributed by atoms with Crippen LogP contribution in [0.1, 0.15) is 12.8 Å². The Balaban J connectivity index is 2.09. The number of methoxy groups -OCH3 is 1. The average molecular weight is 292 g/mol. The highest BCUT2D eigenvalue weighted by Crippen LogP contribution is 2.35. The van der Waals surface area contributed by atoms with Crippen LogP contribution in [0, 0.1) is 10.1 Å². The molecule has 9 nitrogen and oxygen atoms in total. The number of carbonyl (C=O) groups excluding carboxylic acids is 1. The van der Waals surface area contributed by atoms with Crippen molar-refractivity contribution in [1.82, 2.24) is 10.3 Å². The molecule has 2 aromatic rings. The van der Waals surface area contributed by atoms with Crippen molar-refractivity contribution in [3.63, 3.8) is 0 Å². The molecule has 1 aromatic carbocycles. The number of nitrogens with zero attached hydrogens (tertiary/aromatic N) is 4. The largest absolute Gasteiger partial charge is 0.467 e. The SMILES string of the molecule is COC(=O)C1CCCN1c1ccc([N+](=O)[O-])c2nonc12. The second-order valence-corrected chi connectivity index (χ2v) is 4.70. The number of non-ortho nitro benzene ring substituents is 1. The molecule has 1 unspecified atom stereocenters. The lowest BCUT2D eigenvalue weighted by Gasteiger charge is -2.24. The summed E-state index contributed by atoms with van der Waals surface area (Å²) in [5.41, 5.74) is 0.765. The fourth-order valence-corrected chi connectivity index (χ4v) is 2.66. The highest BCUT2D eigenvalue weighted by Gasteiger charge is 2.34. The van der Waals surface area contributed by atoms with Crippen molar-refractivity contribution >= 4 is 28.4 Å². The molecule has 1 aliphatic rings. The van der Waals surface area contributed by atoms with E-state index >= 15 is 0 Å². The van der Waals surface area contributed by atoms with Crippen molar-refractivity contribution < 1.29 is 19.1 Å². The first-order chi connectivity index (χ1) is 10.1. The number of esters is 1. The highest BCUT2D eigenvalue weighted by molar-refractivity contribution is 5.95. The van der Waals surface area contributed by atoms with Crippen LogP contribution >= 0.6 is 0 Å². The van der Waals surface area contributed by atoms with Crippen LogP contribution in [0.5, 0.6) is 0 Å². The van der Waals surface area contributed by atoms with Crippen LogP contribution in [0.25, 0.3) is 11.0 Å². The smallest absolute Gasteiger partial charge is 0.328 e. The molecule has 3 rings (SSSR count). The maximum atomic E-state index is 11.8. The summed E-state index contributed by atoms with van der Waals surface area (Å²) < 4.78 is 9.42. The predicted octanol–water partition coefficient (Wildman–Crippen LogP) is 1.27. The molecule has 1 fully saturated rings. The van der Waals surface area contributed by atoms with Gasteiger partial charge in [0.05, 0.1) is 17.7 Å². The molecule has 0 radical (unpaired) electrons. The lowest BCUT2D eigenvalue weighted by molar-refractivity contribution is -0.383. The molecule has 9 heteroatoms. The quantitative estimate of drug-likeness (QED) is 0.472. The third kappa shape index (κ3) is 2.06. The predicted molar refractivity (Wildman–Crippen MR) is 70.8 cm³/mol. The number of aromatic nitrogens is 2. The molecule has 1 saturated heterocycles. The van der Waals surface area contributed by atoms with E-state index in [1.807, 2.05) is 4.90 Å². The summed E-state index contributed by atoms with van der Waals surface area (Å²) in [5, 5.41) is 18.3. The number of benzene rings is 1. The molecular weight excluding hydrogens is 280 g/mol. The molecule has 0 N–H and O–H groups in total. The third-order valence-electron chi connectivity index (χ3n) is 3.61. The van der Waals surface area contributed by atoms with Gasteiger partial charge in [0.25, 0.3) is 0 Å². The van der Waals surface area contributed by atoms with Gasteiger partial charge in [0.15, 0.2) is 5.52 Å². The minimum atomic E-state index is -0.544. The van der Waals surface area contributed by atoms with Gasteiger partial charge >= 0.3 is 11.7 Å². The zero-order valence-electron chi connectivity index (χ0n) is 11.2. The first-order valence-electron chi connectivity index (χ1n) is 6.37. The summed E-state index contributed by atoms with van der Waals surface area (Å²) in [4.78, 5) is 24.1. The van der Waals surface area contributed by atoms with Gasteiger partial charge < -0.3 is 9.64 Å². The van der Waals surface area contributed by atoms with Gasteiger partial charge in [-0.25, -0.2) is 9.42 Å². The lowest BCUT2D eigenvalue weighted by Crippen LogP contribution is -2.37. The van der Waals surface area contributed by atoms with Gasteiger partial charge in [0, 0.05) is 12.6 Å². The molecule has 0 aliphatic carbocycles. The summed E-state index contributed by atoms with van der Waals surface area (Å²) in [7, 11) is 1.34. The Morgan fingerprint density at radius 3 is 2.95 bits per heavy atom. The Kier molecular flexibility index (Phi) is 3.16. The lowest BCUT2D eigenvalue weighted by atomic mass is 10.2. The van der Waals surface area contributed by atoms with E-state index in [0.29, 0.717) is 18.7 Å². The Labute approximate surface area is 118 Å². The molecule has 110 valence electrons. The van der Waals surface area contributed by atoms with Gasteiger partial charge in [-0.1, -0.05) is 0 Å². The van der Waals surface area contributed by atoms with Crippen LogP contribution < -0.4 is 4.90 Å². The summed E-state index contributed by atoms with van der Waals surface area (Å²) in [6.45, 7) is 0.638. The Morgan fingerprint density at radius 2 is 2.24 bits per heavy atom. The molecule has 1 aromatic heterocycles. The van der Waals surface area contributed by atoms with Crippen LogP contribution in [0.15, 0.2) is 16.8 Å². The topological polar surface area (TPSA) is 112 Å². The number of hydrogen-bond donors (Lipinski definition) is 0. The number of nitro benzene ring substituents is 1. The van der Waals surface area contributed by atoms with E-state index in [-0.39, 0.29) is 22.7 Å². The molecule has 0 saturated carbocycles. The third-order valence-corrected chi connectivity index (χ3v) is 3.61. The standard InChI is InChI=1S/C12H12N4O5/c1-20-12(17)9-3-2-6-15(9)7-4-5-8(16(18)19)11-10(7)13-21-14-11/h4-5,9H,2-3,6H2,1H3. The highest BCUT2D eigenvalue weighted by atomic mass is 16.6. The number of ether oxygens (including phenoxy) is 1.